The molecule has 0 aliphatic rings. The summed E-state index contributed by atoms with van der Waals surface area (Å²) in [5, 5.41) is 0. The van der Waals surface area contributed by atoms with Gasteiger partial charge in [-0.15, -0.1) is 11.6 Å². The average molecular weight is 281 g/mol. The fourth-order valence-corrected chi connectivity index (χ4v) is 1.95. The molecule has 0 aromatic heterocycles. The van der Waals surface area contributed by atoms with Crippen LogP contribution in [0.4, 0.5) is 4.39 Å². The van der Waals surface area contributed by atoms with Gasteiger partial charge in [0.15, 0.2) is 0 Å². The van der Waals surface area contributed by atoms with E-state index in [1.165, 1.54) is 12.1 Å². The Morgan fingerprint density at radius 3 is 2.74 bits per heavy atom. The predicted molar refractivity (Wildman–Crippen MR) is 73.2 cm³/mol. The van der Waals surface area contributed by atoms with Crippen molar-refractivity contribution in [1.29, 1.82) is 0 Å². The van der Waals surface area contributed by atoms with Crippen molar-refractivity contribution in [2.45, 2.75) is 12.5 Å². The van der Waals surface area contributed by atoms with E-state index in [4.69, 9.17) is 21.1 Å². The molecule has 100 valence electrons. The molecule has 2 rings (SSSR count). The maximum absolute atomic E-state index is 13.1. The largest absolute Gasteiger partial charge is 0.457 e. The summed E-state index contributed by atoms with van der Waals surface area (Å²) in [5.74, 6) is 1.11. The number of ether oxygens (including phenoxy) is 2. The van der Waals surface area contributed by atoms with Crippen LogP contribution in [-0.4, -0.2) is 7.11 Å². The molecule has 0 aliphatic carbocycles. The molecule has 2 aromatic carbocycles. The number of benzene rings is 2. The topological polar surface area (TPSA) is 18.5 Å². The van der Waals surface area contributed by atoms with Gasteiger partial charge in [0, 0.05) is 12.7 Å². The van der Waals surface area contributed by atoms with Gasteiger partial charge in [-0.1, -0.05) is 12.1 Å². The minimum atomic E-state index is -0.323. The third-order valence-electron chi connectivity index (χ3n) is 2.60. The van der Waals surface area contributed by atoms with Crippen LogP contribution in [-0.2, 0) is 17.2 Å². The van der Waals surface area contributed by atoms with Crippen LogP contribution in [0.25, 0.3) is 0 Å². The number of rotatable bonds is 5. The molecule has 0 saturated carbocycles. The molecular weight excluding hydrogens is 267 g/mol. The van der Waals surface area contributed by atoms with Gasteiger partial charge < -0.3 is 9.47 Å². The van der Waals surface area contributed by atoms with Gasteiger partial charge in [-0.05, 0) is 35.9 Å². The molecule has 0 atom stereocenters. The van der Waals surface area contributed by atoms with E-state index in [1.807, 2.05) is 24.3 Å². The molecule has 0 aliphatic heterocycles. The second kappa shape index (κ2) is 6.55. The monoisotopic (exact) mass is 280 g/mol. The van der Waals surface area contributed by atoms with Gasteiger partial charge >= 0.3 is 0 Å². The second-order valence-corrected chi connectivity index (χ2v) is 4.34. The van der Waals surface area contributed by atoms with Crippen molar-refractivity contribution in [3.05, 3.63) is 59.4 Å². The molecule has 2 aromatic rings. The van der Waals surface area contributed by atoms with E-state index in [0.29, 0.717) is 23.7 Å². The van der Waals surface area contributed by atoms with E-state index in [2.05, 4.69) is 0 Å². The molecule has 0 bridgehead atoms. The lowest BCUT2D eigenvalue weighted by atomic mass is 10.2. The Kier molecular flexibility index (Phi) is 4.77. The van der Waals surface area contributed by atoms with Crippen LogP contribution in [0.3, 0.4) is 0 Å². The van der Waals surface area contributed by atoms with Crippen LogP contribution in [0.5, 0.6) is 11.5 Å². The molecule has 2 nitrogen and oxygen atoms in total. The Balaban J connectivity index is 2.23. The van der Waals surface area contributed by atoms with E-state index in [0.717, 1.165) is 5.56 Å². The van der Waals surface area contributed by atoms with E-state index >= 15 is 0 Å². The molecule has 0 unspecified atom stereocenters. The predicted octanol–water partition coefficient (Wildman–Crippen LogP) is 4.50. The van der Waals surface area contributed by atoms with Crippen LogP contribution >= 0.6 is 11.6 Å². The SMILES string of the molecule is COCc1cccc(Oc2ccc(F)cc2CCl)c1. The lowest BCUT2D eigenvalue weighted by Gasteiger charge is -2.10. The number of hydrogen-bond donors (Lipinski definition) is 0. The first-order valence-corrected chi connectivity index (χ1v) is 6.36. The Labute approximate surface area is 116 Å². The highest BCUT2D eigenvalue weighted by Gasteiger charge is 2.06. The van der Waals surface area contributed by atoms with Gasteiger partial charge in [0.1, 0.15) is 17.3 Å². The number of alkyl halides is 1. The summed E-state index contributed by atoms with van der Waals surface area (Å²) in [5.41, 5.74) is 1.63. The Bertz CT molecular complexity index is 558. The summed E-state index contributed by atoms with van der Waals surface area (Å²) >= 11 is 5.78. The first-order valence-electron chi connectivity index (χ1n) is 5.83. The van der Waals surface area contributed by atoms with Crippen LogP contribution in [0.2, 0.25) is 0 Å². The highest BCUT2D eigenvalue weighted by Crippen LogP contribution is 2.27. The third kappa shape index (κ3) is 3.69. The van der Waals surface area contributed by atoms with Gasteiger partial charge in [0.25, 0.3) is 0 Å². The summed E-state index contributed by atoms with van der Waals surface area (Å²) < 4.78 is 23.9. The van der Waals surface area contributed by atoms with E-state index in [-0.39, 0.29) is 11.7 Å². The van der Waals surface area contributed by atoms with E-state index in [9.17, 15) is 4.39 Å². The van der Waals surface area contributed by atoms with Crippen molar-refractivity contribution in [2.75, 3.05) is 7.11 Å². The van der Waals surface area contributed by atoms with Crippen LogP contribution < -0.4 is 4.74 Å². The van der Waals surface area contributed by atoms with Gasteiger partial charge in [-0.25, -0.2) is 4.39 Å². The Morgan fingerprint density at radius 2 is 2.00 bits per heavy atom. The summed E-state index contributed by atoms with van der Waals surface area (Å²) in [6.07, 6.45) is 0. The van der Waals surface area contributed by atoms with Crippen LogP contribution in [0.1, 0.15) is 11.1 Å². The molecule has 0 amide bonds. The zero-order valence-electron chi connectivity index (χ0n) is 10.5. The standard InChI is InChI=1S/C15H14ClFO2/c1-18-10-11-3-2-4-14(7-11)19-15-6-5-13(17)8-12(15)9-16/h2-8H,9-10H2,1H3. The maximum Gasteiger partial charge on any atom is 0.132 e. The van der Waals surface area contributed by atoms with Crippen molar-refractivity contribution >= 4 is 11.6 Å². The average Bonchev–Trinajstić information content (AvgIpc) is 2.41. The summed E-state index contributed by atoms with van der Waals surface area (Å²) in [7, 11) is 1.64. The Hall–Kier alpha value is -1.58. The highest BCUT2D eigenvalue weighted by molar-refractivity contribution is 6.17. The molecular formula is C15H14ClFO2. The summed E-state index contributed by atoms with van der Waals surface area (Å²) in [4.78, 5) is 0. The van der Waals surface area contributed by atoms with Crippen molar-refractivity contribution in [2.24, 2.45) is 0 Å². The summed E-state index contributed by atoms with van der Waals surface area (Å²) in [6.45, 7) is 0.517. The fourth-order valence-electron chi connectivity index (χ4n) is 1.74. The Morgan fingerprint density at radius 1 is 1.16 bits per heavy atom. The van der Waals surface area contributed by atoms with Gasteiger partial charge in [0.05, 0.1) is 12.5 Å². The van der Waals surface area contributed by atoms with E-state index in [1.54, 1.807) is 13.2 Å². The zero-order chi connectivity index (χ0) is 13.7. The molecule has 0 heterocycles. The summed E-state index contributed by atoms with van der Waals surface area (Å²) in [6, 6.07) is 11.9. The zero-order valence-corrected chi connectivity index (χ0v) is 11.3. The quantitative estimate of drug-likeness (QED) is 0.751. The highest BCUT2D eigenvalue weighted by atomic mass is 35.5. The van der Waals surface area contributed by atoms with Crippen molar-refractivity contribution in [3.63, 3.8) is 0 Å². The lowest BCUT2D eigenvalue weighted by molar-refractivity contribution is 0.184. The van der Waals surface area contributed by atoms with Gasteiger partial charge in [-0.2, -0.15) is 0 Å². The van der Waals surface area contributed by atoms with Gasteiger partial charge in [0.2, 0.25) is 0 Å². The van der Waals surface area contributed by atoms with Crippen molar-refractivity contribution in [3.8, 4) is 11.5 Å². The molecule has 4 heteroatoms. The minimum absolute atomic E-state index is 0.199. The molecule has 0 radical (unpaired) electrons. The normalized spacial score (nSPS) is 10.5. The smallest absolute Gasteiger partial charge is 0.132 e. The molecule has 0 N–H and O–H groups in total. The maximum atomic E-state index is 13.1. The molecule has 0 spiro atoms. The van der Waals surface area contributed by atoms with Crippen LogP contribution in [0, 0.1) is 5.82 Å². The second-order valence-electron chi connectivity index (χ2n) is 4.07. The van der Waals surface area contributed by atoms with Gasteiger partial charge in [-0.3, -0.25) is 0 Å². The number of hydrogen-bond acceptors (Lipinski definition) is 2. The van der Waals surface area contributed by atoms with Crippen molar-refractivity contribution < 1.29 is 13.9 Å². The lowest BCUT2D eigenvalue weighted by Crippen LogP contribution is -1.93. The number of methoxy groups -OCH3 is 1. The third-order valence-corrected chi connectivity index (χ3v) is 2.89. The number of halogens is 2. The minimum Gasteiger partial charge on any atom is -0.457 e. The fraction of sp³-hybridized carbons (Fsp3) is 0.200. The van der Waals surface area contributed by atoms with Crippen LogP contribution in [0.15, 0.2) is 42.5 Å². The molecule has 19 heavy (non-hydrogen) atoms. The molecule has 0 fully saturated rings. The molecule has 0 saturated heterocycles. The first kappa shape index (κ1) is 13.8. The first-order chi connectivity index (χ1) is 9.22. The van der Waals surface area contributed by atoms with E-state index < -0.39 is 0 Å². The van der Waals surface area contributed by atoms with Crippen molar-refractivity contribution in [1.82, 2.24) is 0 Å².